The summed E-state index contributed by atoms with van der Waals surface area (Å²) in [7, 11) is 2.72. The first-order chi connectivity index (χ1) is 14.2. The third-order valence-electron chi connectivity index (χ3n) is 4.54. The maximum atomic E-state index is 14.2. The Morgan fingerprint density at radius 3 is 2.43 bits per heavy atom. The molecule has 1 unspecified atom stereocenters. The number of hydrogen-bond acceptors (Lipinski definition) is 8. The summed E-state index contributed by atoms with van der Waals surface area (Å²) >= 11 is 0. The number of aromatic nitrogens is 2. The molecule has 0 spiro atoms. The lowest BCUT2D eigenvalue weighted by Crippen LogP contribution is -2.41. The van der Waals surface area contributed by atoms with Gasteiger partial charge in [-0.15, -0.1) is 0 Å². The van der Waals surface area contributed by atoms with Gasteiger partial charge >= 0.3 is 11.6 Å². The van der Waals surface area contributed by atoms with Gasteiger partial charge in [0.05, 0.1) is 20.8 Å². The minimum atomic E-state index is -3.84. The van der Waals surface area contributed by atoms with Crippen LogP contribution >= 0.6 is 0 Å². The molecular weight excluding hydrogens is 408 g/mol. The summed E-state index contributed by atoms with van der Waals surface area (Å²) in [5.41, 5.74) is -1.11. The standard InChI is InChI=1S/C18H19F2N3O7/c1-28-9-4-3-5-10(29-2)13(9)15(26)21-12-6-7-23(17(27)22-12)16-18(19,20)14(25)11(8-24)30-16/h3-7,11,14,16,24-25H,8H2,1-2H3,(H,21,22,26,27)/t11-,14-,16?/m1/s1. The van der Waals surface area contributed by atoms with Gasteiger partial charge < -0.3 is 29.7 Å². The number of amides is 1. The molecule has 1 aromatic heterocycles. The fourth-order valence-electron chi connectivity index (χ4n) is 3.03. The number of rotatable bonds is 6. The molecule has 12 heteroatoms. The van der Waals surface area contributed by atoms with Crippen molar-refractivity contribution in [1.82, 2.24) is 9.55 Å². The zero-order chi connectivity index (χ0) is 22.1. The third-order valence-corrected chi connectivity index (χ3v) is 4.54. The highest BCUT2D eigenvalue weighted by Crippen LogP contribution is 2.42. The summed E-state index contributed by atoms with van der Waals surface area (Å²) in [6.45, 7) is -0.857. The molecule has 0 saturated carbocycles. The molecule has 1 fully saturated rings. The summed E-state index contributed by atoms with van der Waals surface area (Å²) in [6, 6.07) is 5.79. The zero-order valence-corrected chi connectivity index (χ0v) is 15.9. The first kappa shape index (κ1) is 21.6. The maximum absolute atomic E-state index is 14.2. The van der Waals surface area contributed by atoms with Crippen molar-refractivity contribution in [2.75, 3.05) is 26.1 Å². The summed E-state index contributed by atoms with van der Waals surface area (Å²) in [4.78, 5) is 28.5. The number of ether oxygens (including phenoxy) is 3. The van der Waals surface area contributed by atoms with E-state index in [1.54, 1.807) is 6.07 Å². The van der Waals surface area contributed by atoms with Crippen LogP contribution in [0.5, 0.6) is 11.5 Å². The van der Waals surface area contributed by atoms with Crippen molar-refractivity contribution in [3.05, 3.63) is 46.5 Å². The number of nitrogens with one attached hydrogen (secondary N) is 1. The van der Waals surface area contributed by atoms with E-state index < -0.39 is 42.6 Å². The van der Waals surface area contributed by atoms with Gasteiger partial charge in [-0.2, -0.15) is 13.8 Å². The van der Waals surface area contributed by atoms with Gasteiger partial charge in [-0.1, -0.05) is 6.07 Å². The molecule has 10 nitrogen and oxygen atoms in total. The summed E-state index contributed by atoms with van der Waals surface area (Å²) < 4.78 is 44.1. The number of carbonyl (C=O) groups is 1. The van der Waals surface area contributed by atoms with Crippen LogP contribution in [0.4, 0.5) is 14.6 Å². The molecule has 0 radical (unpaired) electrons. The maximum Gasteiger partial charge on any atom is 0.351 e. The van der Waals surface area contributed by atoms with Gasteiger partial charge in [0.1, 0.15) is 29.0 Å². The predicted octanol–water partition coefficient (Wildman–Crippen LogP) is 0.399. The molecule has 2 aromatic rings. The van der Waals surface area contributed by atoms with Crippen LogP contribution < -0.4 is 20.5 Å². The largest absolute Gasteiger partial charge is 0.496 e. The van der Waals surface area contributed by atoms with E-state index >= 15 is 0 Å². The highest BCUT2D eigenvalue weighted by atomic mass is 19.3. The first-order valence-corrected chi connectivity index (χ1v) is 8.68. The lowest BCUT2D eigenvalue weighted by Gasteiger charge is -2.21. The van der Waals surface area contributed by atoms with E-state index in [0.717, 1.165) is 12.3 Å². The Labute approximate surface area is 168 Å². The lowest BCUT2D eigenvalue weighted by atomic mass is 10.1. The Morgan fingerprint density at radius 2 is 1.93 bits per heavy atom. The van der Waals surface area contributed by atoms with E-state index in [9.17, 15) is 23.5 Å². The van der Waals surface area contributed by atoms with Crippen molar-refractivity contribution in [2.24, 2.45) is 0 Å². The van der Waals surface area contributed by atoms with Crippen LogP contribution in [0.15, 0.2) is 35.3 Å². The molecule has 162 valence electrons. The van der Waals surface area contributed by atoms with Gasteiger partial charge in [0.25, 0.3) is 5.91 Å². The zero-order valence-electron chi connectivity index (χ0n) is 15.9. The molecular formula is C18H19F2N3O7. The third kappa shape index (κ3) is 3.72. The normalized spacial score (nSPS) is 22.5. The van der Waals surface area contributed by atoms with Crippen LogP contribution in [-0.4, -0.2) is 64.6 Å². The van der Waals surface area contributed by atoms with Gasteiger partial charge in [-0.3, -0.25) is 9.36 Å². The average Bonchev–Trinajstić information content (AvgIpc) is 2.96. The number of nitrogens with zero attached hydrogens (tertiary/aromatic N) is 2. The number of alkyl halides is 2. The summed E-state index contributed by atoms with van der Waals surface area (Å²) in [5.74, 6) is -4.33. The molecule has 1 aliphatic heterocycles. The van der Waals surface area contributed by atoms with Gasteiger partial charge in [-0.25, -0.2) is 4.79 Å². The van der Waals surface area contributed by atoms with E-state index in [0.29, 0.717) is 4.57 Å². The van der Waals surface area contributed by atoms with Crippen molar-refractivity contribution >= 4 is 11.7 Å². The molecule has 30 heavy (non-hydrogen) atoms. The number of methoxy groups -OCH3 is 2. The molecule has 3 N–H and O–H groups in total. The molecule has 3 atom stereocenters. The topological polar surface area (TPSA) is 132 Å². The fraction of sp³-hybridized carbons (Fsp3) is 0.389. The van der Waals surface area contributed by atoms with Crippen molar-refractivity contribution in [3.8, 4) is 11.5 Å². The molecule has 1 aromatic carbocycles. The van der Waals surface area contributed by atoms with Crippen molar-refractivity contribution in [2.45, 2.75) is 24.4 Å². The second kappa shape index (κ2) is 8.34. The lowest BCUT2D eigenvalue weighted by molar-refractivity contribution is -0.140. The van der Waals surface area contributed by atoms with E-state index in [1.165, 1.54) is 26.4 Å². The van der Waals surface area contributed by atoms with E-state index in [2.05, 4.69) is 10.3 Å². The molecule has 0 aliphatic carbocycles. The Kier molecular flexibility index (Phi) is 6.01. The minimum Gasteiger partial charge on any atom is -0.496 e. The van der Waals surface area contributed by atoms with Crippen LogP contribution in [-0.2, 0) is 4.74 Å². The number of halogens is 2. The van der Waals surface area contributed by atoms with Gasteiger partial charge in [0.15, 0.2) is 6.10 Å². The SMILES string of the molecule is COc1cccc(OC)c1C(=O)Nc1ccn(C2O[C@H](CO)[C@@H](O)C2(F)F)c(=O)n1. The van der Waals surface area contributed by atoms with Gasteiger partial charge in [0.2, 0.25) is 6.23 Å². The minimum absolute atomic E-state index is 0.0491. The van der Waals surface area contributed by atoms with Crippen molar-refractivity contribution < 1.29 is 38.0 Å². The first-order valence-electron chi connectivity index (χ1n) is 8.68. The van der Waals surface area contributed by atoms with E-state index in [4.69, 9.17) is 19.3 Å². The molecule has 1 saturated heterocycles. The molecule has 1 aliphatic rings. The number of hydrogen-bond donors (Lipinski definition) is 3. The monoisotopic (exact) mass is 427 g/mol. The number of aliphatic hydroxyl groups excluding tert-OH is 2. The van der Waals surface area contributed by atoms with E-state index in [1.807, 2.05) is 0 Å². The predicted molar refractivity (Wildman–Crippen MR) is 97.9 cm³/mol. The fourth-order valence-corrected chi connectivity index (χ4v) is 3.03. The Hall–Kier alpha value is -3.09. The second-order valence-corrected chi connectivity index (χ2v) is 6.32. The smallest absolute Gasteiger partial charge is 0.351 e. The van der Waals surface area contributed by atoms with Gasteiger partial charge in [0, 0.05) is 6.20 Å². The van der Waals surface area contributed by atoms with Crippen LogP contribution in [0, 0.1) is 0 Å². The van der Waals surface area contributed by atoms with Crippen LogP contribution in [0.25, 0.3) is 0 Å². The highest BCUT2D eigenvalue weighted by Gasteiger charge is 2.59. The molecule has 2 heterocycles. The second-order valence-electron chi connectivity index (χ2n) is 6.32. The summed E-state index contributed by atoms with van der Waals surface area (Å²) in [6.07, 6.45) is -5.08. The Balaban J connectivity index is 1.87. The quantitative estimate of drug-likeness (QED) is 0.604. The number of aliphatic hydroxyl groups is 2. The number of benzene rings is 1. The highest BCUT2D eigenvalue weighted by molar-refractivity contribution is 6.07. The van der Waals surface area contributed by atoms with Crippen molar-refractivity contribution in [1.29, 1.82) is 0 Å². The number of anilines is 1. The number of carbonyl (C=O) groups excluding carboxylic acids is 1. The average molecular weight is 427 g/mol. The van der Waals surface area contributed by atoms with Crippen LogP contribution in [0.3, 0.4) is 0 Å². The van der Waals surface area contributed by atoms with Crippen molar-refractivity contribution in [3.63, 3.8) is 0 Å². The molecule has 3 rings (SSSR count). The summed E-state index contributed by atoms with van der Waals surface area (Å²) in [5, 5.41) is 21.0. The Morgan fingerprint density at radius 1 is 1.30 bits per heavy atom. The van der Waals surface area contributed by atoms with Gasteiger partial charge in [-0.05, 0) is 18.2 Å². The molecule has 1 amide bonds. The Bertz CT molecular complexity index is 976. The van der Waals surface area contributed by atoms with Crippen LogP contribution in [0.2, 0.25) is 0 Å². The van der Waals surface area contributed by atoms with Crippen LogP contribution in [0.1, 0.15) is 16.6 Å². The molecule has 0 bridgehead atoms. The van der Waals surface area contributed by atoms with E-state index in [-0.39, 0.29) is 22.9 Å².